The van der Waals surface area contributed by atoms with E-state index in [0.29, 0.717) is 0 Å². The Hall–Kier alpha value is -0.790. The molecule has 0 aromatic carbocycles. The molecule has 1 aliphatic rings. The predicted molar refractivity (Wildman–Crippen MR) is 52.3 cm³/mol. The van der Waals surface area contributed by atoms with Gasteiger partial charge in [0, 0.05) is 0 Å². The Morgan fingerprint density at radius 3 is 2.54 bits per heavy atom. The molecule has 1 rings (SSSR count). The molecule has 0 N–H and O–H groups in total. The summed E-state index contributed by atoms with van der Waals surface area (Å²) in [6.07, 6.45) is 2.70. The number of hydrogen-bond acceptors (Lipinski definition) is 2. The fraction of sp³-hybridized carbons (Fsp3) is 0.727. The van der Waals surface area contributed by atoms with Gasteiger partial charge in [-0.15, -0.1) is 0 Å². The second-order valence-corrected chi connectivity index (χ2v) is 4.72. The van der Waals surface area contributed by atoms with Crippen molar-refractivity contribution in [1.82, 2.24) is 0 Å². The number of carbonyl (C=O) groups excluding carboxylic acids is 1. The Morgan fingerprint density at radius 2 is 2.15 bits per heavy atom. The van der Waals surface area contributed by atoms with E-state index in [1.807, 2.05) is 20.8 Å². The molecule has 74 valence electrons. The van der Waals surface area contributed by atoms with Crippen molar-refractivity contribution in [3.05, 3.63) is 12.2 Å². The molecule has 0 radical (unpaired) electrons. The molecule has 1 fully saturated rings. The molecule has 1 unspecified atom stereocenters. The fourth-order valence-electron chi connectivity index (χ4n) is 1.52. The molecular formula is C11H18O2. The fourth-order valence-corrected chi connectivity index (χ4v) is 1.52. The average molecular weight is 182 g/mol. The maximum absolute atomic E-state index is 11.5. The Balaban J connectivity index is 2.45. The number of ether oxygens (including phenoxy) is 1. The van der Waals surface area contributed by atoms with Gasteiger partial charge < -0.3 is 4.74 Å². The first-order valence-electron chi connectivity index (χ1n) is 4.78. The molecular weight excluding hydrogens is 164 g/mol. The maximum Gasteiger partial charge on any atom is 0.309 e. The van der Waals surface area contributed by atoms with Crippen molar-refractivity contribution in [2.75, 3.05) is 0 Å². The summed E-state index contributed by atoms with van der Waals surface area (Å²) in [4.78, 5) is 11.5. The smallest absolute Gasteiger partial charge is 0.309 e. The van der Waals surface area contributed by atoms with Crippen LogP contribution in [0.3, 0.4) is 0 Å². The highest BCUT2D eigenvalue weighted by Gasteiger charge is 2.29. The van der Waals surface area contributed by atoms with E-state index in [9.17, 15) is 4.79 Å². The zero-order valence-electron chi connectivity index (χ0n) is 8.72. The standard InChI is InChI=1S/C11H18O2/c1-8-5-6-9(7-8)10(12)13-11(2,3)4/h9H,1,5-7H2,2-4H3. The molecule has 0 spiro atoms. The number of hydrogen-bond donors (Lipinski definition) is 0. The first kappa shape index (κ1) is 10.3. The first-order chi connectivity index (χ1) is 5.88. The summed E-state index contributed by atoms with van der Waals surface area (Å²) < 4.78 is 5.29. The number of allylic oxidation sites excluding steroid dienone is 1. The zero-order chi connectivity index (χ0) is 10.1. The van der Waals surface area contributed by atoms with Gasteiger partial charge in [0.1, 0.15) is 5.60 Å². The van der Waals surface area contributed by atoms with Crippen LogP contribution >= 0.6 is 0 Å². The topological polar surface area (TPSA) is 26.3 Å². The van der Waals surface area contributed by atoms with E-state index >= 15 is 0 Å². The van der Waals surface area contributed by atoms with Crippen LogP contribution in [0.1, 0.15) is 40.0 Å². The van der Waals surface area contributed by atoms with Crippen LogP contribution in [0.5, 0.6) is 0 Å². The molecule has 13 heavy (non-hydrogen) atoms. The quantitative estimate of drug-likeness (QED) is 0.460. The van der Waals surface area contributed by atoms with E-state index in [1.165, 1.54) is 5.57 Å². The van der Waals surface area contributed by atoms with Crippen LogP contribution in [0, 0.1) is 5.92 Å². The Morgan fingerprint density at radius 1 is 1.54 bits per heavy atom. The third-order valence-electron chi connectivity index (χ3n) is 2.12. The van der Waals surface area contributed by atoms with E-state index in [1.54, 1.807) is 0 Å². The Kier molecular flexibility index (Phi) is 2.79. The van der Waals surface area contributed by atoms with Gasteiger partial charge in [0.15, 0.2) is 0 Å². The lowest BCUT2D eigenvalue weighted by Gasteiger charge is -2.21. The SMILES string of the molecule is C=C1CCC(C(=O)OC(C)(C)C)C1. The van der Waals surface area contributed by atoms with Crippen molar-refractivity contribution in [3.63, 3.8) is 0 Å². The van der Waals surface area contributed by atoms with Crippen LogP contribution in [0.15, 0.2) is 12.2 Å². The van der Waals surface area contributed by atoms with Crippen molar-refractivity contribution in [1.29, 1.82) is 0 Å². The second kappa shape index (κ2) is 3.52. The highest BCUT2D eigenvalue weighted by molar-refractivity contribution is 5.73. The van der Waals surface area contributed by atoms with Crippen molar-refractivity contribution in [2.24, 2.45) is 5.92 Å². The second-order valence-electron chi connectivity index (χ2n) is 4.72. The van der Waals surface area contributed by atoms with Gasteiger partial charge in [-0.05, 0) is 40.0 Å². The number of rotatable bonds is 1. The summed E-state index contributed by atoms with van der Waals surface area (Å²) in [5.41, 5.74) is 0.817. The van der Waals surface area contributed by atoms with Crippen LogP contribution in [-0.4, -0.2) is 11.6 Å². The highest BCUT2D eigenvalue weighted by atomic mass is 16.6. The van der Waals surface area contributed by atoms with Crippen molar-refractivity contribution >= 4 is 5.97 Å². The van der Waals surface area contributed by atoms with Crippen LogP contribution < -0.4 is 0 Å². The average Bonchev–Trinajstić information content (AvgIpc) is 2.31. The van der Waals surface area contributed by atoms with Gasteiger partial charge in [0.25, 0.3) is 0 Å². The number of carbonyl (C=O) groups is 1. The summed E-state index contributed by atoms with van der Waals surface area (Å²) in [5.74, 6) is -0.00197. The molecule has 0 aromatic rings. The van der Waals surface area contributed by atoms with E-state index in [0.717, 1.165) is 19.3 Å². The monoisotopic (exact) mass is 182 g/mol. The zero-order valence-corrected chi connectivity index (χ0v) is 8.72. The minimum absolute atomic E-state index is 0.0618. The van der Waals surface area contributed by atoms with Crippen molar-refractivity contribution in [2.45, 2.75) is 45.6 Å². The lowest BCUT2D eigenvalue weighted by Crippen LogP contribution is -2.27. The molecule has 1 saturated carbocycles. The van der Waals surface area contributed by atoms with Gasteiger partial charge >= 0.3 is 5.97 Å². The third kappa shape index (κ3) is 3.21. The van der Waals surface area contributed by atoms with Crippen molar-refractivity contribution < 1.29 is 9.53 Å². The molecule has 2 nitrogen and oxygen atoms in total. The van der Waals surface area contributed by atoms with Crippen LogP contribution in [0.2, 0.25) is 0 Å². The molecule has 2 heteroatoms. The van der Waals surface area contributed by atoms with E-state index in [-0.39, 0.29) is 17.5 Å². The van der Waals surface area contributed by atoms with Gasteiger partial charge in [0.2, 0.25) is 0 Å². The Bertz CT molecular complexity index is 223. The molecule has 0 aromatic heterocycles. The molecule has 0 bridgehead atoms. The van der Waals surface area contributed by atoms with Gasteiger partial charge in [-0.3, -0.25) is 4.79 Å². The van der Waals surface area contributed by atoms with Crippen LogP contribution in [-0.2, 0) is 9.53 Å². The normalized spacial score (nSPS) is 23.3. The van der Waals surface area contributed by atoms with Crippen LogP contribution in [0.25, 0.3) is 0 Å². The van der Waals surface area contributed by atoms with Gasteiger partial charge in [-0.2, -0.15) is 0 Å². The highest BCUT2D eigenvalue weighted by Crippen LogP contribution is 2.30. The predicted octanol–water partition coefficient (Wildman–Crippen LogP) is 2.68. The van der Waals surface area contributed by atoms with E-state index in [4.69, 9.17) is 4.74 Å². The molecule has 1 aliphatic carbocycles. The molecule has 0 aliphatic heterocycles. The molecule has 0 saturated heterocycles. The summed E-state index contributed by atoms with van der Waals surface area (Å²) >= 11 is 0. The van der Waals surface area contributed by atoms with Crippen molar-refractivity contribution in [3.8, 4) is 0 Å². The van der Waals surface area contributed by atoms with E-state index < -0.39 is 0 Å². The Labute approximate surface area is 80.0 Å². The maximum atomic E-state index is 11.5. The minimum Gasteiger partial charge on any atom is -0.460 e. The van der Waals surface area contributed by atoms with Gasteiger partial charge in [-0.1, -0.05) is 12.2 Å². The molecule has 0 amide bonds. The van der Waals surface area contributed by atoms with Crippen LogP contribution in [0.4, 0.5) is 0 Å². The summed E-state index contributed by atoms with van der Waals surface area (Å²) in [6.45, 7) is 9.57. The summed E-state index contributed by atoms with van der Waals surface area (Å²) in [5, 5.41) is 0. The third-order valence-corrected chi connectivity index (χ3v) is 2.12. The lowest BCUT2D eigenvalue weighted by atomic mass is 10.1. The lowest BCUT2D eigenvalue weighted by molar-refractivity contribution is -0.159. The summed E-state index contributed by atoms with van der Waals surface area (Å²) in [7, 11) is 0. The molecule has 1 atom stereocenters. The van der Waals surface area contributed by atoms with Gasteiger partial charge in [0.05, 0.1) is 5.92 Å². The first-order valence-corrected chi connectivity index (χ1v) is 4.78. The largest absolute Gasteiger partial charge is 0.460 e. The summed E-state index contributed by atoms with van der Waals surface area (Å²) in [6, 6.07) is 0. The van der Waals surface area contributed by atoms with Gasteiger partial charge in [-0.25, -0.2) is 0 Å². The molecule has 0 heterocycles. The number of esters is 1. The minimum atomic E-state index is -0.360. The van der Waals surface area contributed by atoms with E-state index in [2.05, 4.69) is 6.58 Å².